The van der Waals surface area contributed by atoms with E-state index in [0.29, 0.717) is 5.75 Å². The minimum Gasteiger partial charge on any atom is -0.497 e. The molecule has 0 amide bonds. The van der Waals surface area contributed by atoms with Crippen LogP contribution in [0.4, 0.5) is 0 Å². The molecule has 4 nitrogen and oxygen atoms in total. The molecule has 0 aliphatic heterocycles. The van der Waals surface area contributed by atoms with E-state index in [1.807, 2.05) is 0 Å². The Bertz CT molecular complexity index is 535. The summed E-state index contributed by atoms with van der Waals surface area (Å²) in [5.41, 5.74) is 0.109. The minimum absolute atomic E-state index is 0.109. The third kappa shape index (κ3) is 2.79. The van der Waals surface area contributed by atoms with Crippen LogP contribution in [0.1, 0.15) is 17.3 Å². The predicted octanol–water partition coefficient (Wildman–Crippen LogP) is 2.44. The summed E-state index contributed by atoms with van der Waals surface area (Å²) in [4.78, 5) is 12.0. The molecule has 0 spiro atoms. The van der Waals surface area contributed by atoms with Crippen LogP contribution in [0, 0.1) is 0 Å². The number of halogens is 2. The van der Waals surface area contributed by atoms with Crippen molar-refractivity contribution in [3.05, 3.63) is 29.8 Å². The number of benzene rings is 1. The lowest BCUT2D eigenvalue weighted by Crippen LogP contribution is -2.36. The van der Waals surface area contributed by atoms with Crippen LogP contribution in [0.5, 0.6) is 5.75 Å². The molecule has 0 aliphatic rings. The van der Waals surface area contributed by atoms with Crippen molar-refractivity contribution in [1.29, 1.82) is 0 Å². The van der Waals surface area contributed by atoms with Gasteiger partial charge < -0.3 is 4.74 Å². The van der Waals surface area contributed by atoms with E-state index in [2.05, 4.69) is 0 Å². The van der Waals surface area contributed by atoms with Gasteiger partial charge in [0.1, 0.15) is 5.75 Å². The van der Waals surface area contributed by atoms with Gasteiger partial charge in [-0.25, -0.2) is 8.42 Å². The fourth-order valence-electron chi connectivity index (χ4n) is 1.23. The monoisotopic (exact) mass is 310 g/mol. The number of ketones is 1. The number of methoxy groups -OCH3 is 1. The Hall–Kier alpha value is -0.780. The molecule has 1 aromatic carbocycles. The van der Waals surface area contributed by atoms with Gasteiger partial charge in [-0.05, 0) is 24.3 Å². The van der Waals surface area contributed by atoms with Gasteiger partial charge in [-0.3, -0.25) is 4.79 Å². The van der Waals surface area contributed by atoms with Gasteiger partial charge in [0.05, 0.1) is 12.9 Å². The van der Waals surface area contributed by atoms with Crippen LogP contribution < -0.4 is 4.74 Å². The van der Waals surface area contributed by atoms with Crippen molar-refractivity contribution in [1.82, 2.24) is 0 Å². The molecule has 0 saturated carbocycles. The molecule has 1 rings (SSSR count). The van der Waals surface area contributed by atoms with E-state index >= 15 is 0 Å². The summed E-state index contributed by atoms with van der Waals surface area (Å²) in [6.45, 7) is 1.37. The average molecular weight is 311 g/mol. The molecule has 0 bridgehead atoms. The van der Waals surface area contributed by atoms with Crippen molar-refractivity contribution >= 4 is 38.8 Å². The number of carbonyl (C=O) groups excluding carboxylic acids is 1. The van der Waals surface area contributed by atoms with Crippen molar-refractivity contribution < 1.29 is 17.9 Å². The van der Waals surface area contributed by atoms with E-state index in [0.717, 1.165) is 0 Å². The number of sulfone groups is 1. The Labute approximate surface area is 116 Å². The third-order valence-electron chi connectivity index (χ3n) is 2.39. The molecule has 7 heteroatoms. The Morgan fingerprint density at radius 3 is 2.17 bits per heavy atom. The quantitative estimate of drug-likeness (QED) is 0.619. The van der Waals surface area contributed by atoms with Crippen molar-refractivity contribution in [2.24, 2.45) is 0 Å². The second-order valence-corrected chi connectivity index (χ2v) is 7.67. The first-order chi connectivity index (χ1) is 8.26. The molecule has 0 N–H and O–H groups in total. The Morgan fingerprint density at radius 2 is 1.78 bits per heavy atom. The zero-order valence-corrected chi connectivity index (χ0v) is 12.1. The maximum Gasteiger partial charge on any atom is 0.280 e. The van der Waals surface area contributed by atoms with Crippen LogP contribution in [0.15, 0.2) is 24.3 Å². The second kappa shape index (κ2) is 5.47. The first kappa shape index (κ1) is 15.3. The molecule has 0 atom stereocenters. The van der Waals surface area contributed by atoms with Gasteiger partial charge in [0.2, 0.25) is 5.78 Å². The number of carbonyl (C=O) groups is 1. The van der Waals surface area contributed by atoms with Crippen molar-refractivity contribution in [2.45, 2.75) is 10.6 Å². The van der Waals surface area contributed by atoms with Crippen molar-refractivity contribution in [3.63, 3.8) is 0 Å². The highest BCUT2D eigenvalue weighted by Crippen LogP contribution is 2.33. The first-order valence-corrected chi connectivity index (χ1v) is 7.46. The number of hydrogen-bond acceptors (Lipinski definition) is 4. The Kier molecular flexibility index (Phi) is 4.64. The molecule has 18 heavy (non-hydrogen) atoms. The Morgan fingerprint density at radius 1 is 1.28 bits per heavy atom. The average Bonchev–Trinajstić information content (AvgIpc) is 2.37. The summed E-state index contributed by atoms with van der Waals surface area (Å²) in [6, 6.07) is 5.86. The number of alkyl halides is 2. The van der Waals surface area contributed by atoms with Crippen LogP contribution in [0.2, 0.25) is 0 Å². The normalized spacial score (nSPS) is 12.2. The second-order valence-electron chi connectivity index (χ2n) is 3.48. The molecule has 0 fully saturated rings. The first-order valence-electron chi connectivity index (χ1n) is 5.05. The largest absolute Gasteiger partial charge is 0.497 e. The molecule has 0 saturated heterocycles. The van der Waals surface area contributed by atoms with Gasteiger partial charge in [-0.1, -0.05) is 30.1 Å². The van der Waals surface area contributed by atoms with E-state index in [1.165, 1.54) is 38.3 Å². The van der Waals surface area contributed by atoms with Gasteiger partial charge >= 0.3 is 0 Å². The van der Waals surface area contributed by atoms with E-state index in [9.17, 15) is 13.2 Å². The molecule has 0 radical (unpaired) electrons. The maximum atomic E-state index is 12.0. The summed E-state index contributed by atoms with van der Waals surface area (Å²) < 4.78 is 25.8. The standard InChI is InChI=1S/C11H12Cl2O4S/c1-3-18(15,16)11(12,13)10(14)8-4-6-9(17-2)7-5-8/h4-7H,3H2,1-2H3. The summed E-state index contributed by atoms with van der Waals surface area (Å²) >= 11 is 11.4. The van der Waals surface area contributed by atoms with Gasteiger partial charge in [0, 0.05) is 5.56 Å². The third-order valence-corrected chi connectivity index (χ3v) is 5.87. The molecular formula is C11H12Cl2O4S. The molecule has 0 unspecified atom stereocenters. The number of ether oxygens (including phenoxy) is 1. The lowest BCUT2D eigenvalue weighted by Gasteiger charge is -2.17. The van der Waals surface area contributed by atoms with Crippen LogP contribution in [0.25, 0.3) is 0 Å². The molecule has 100 valence electrons. The fourth-order valence-corrected chi connectivity index (χ4v) is 2.87. The number of Topliss-reactive ketones (excluding diaryl/α,β-unsaturated/α-hetero) is 1. The van der Waals surface area contributed by atoms with E-state index in [-0.39, 0.29) is 11.3 Å². The zero-order chi connectivity index (χ0) is 14.0. The SMILES string of the molecule is CCS(=O)(=O)C(Cl)(Cl)C(=O)c1ccc(OC)cc1. The van der Waals surface area contributed by atoms with Gasteiger partial charge in [-0.15, -0.1) is 0 Å². The summed E-state index contributed by atoms with van der Waals surface area (Å²) in [5, 5.41) is 0. The molecule has 0 aromatic heterocycles. The van der Waals surface area contributed by atoms with Gasteiger partial charge in [0.25, 0.3) is 3.67 Å². The predicted molar refractivity (Wildman–Crippen MR) is 71.2 cm³/mol. The molecule has 0 aliphatic carbocycles. The van der Waals surface area contributed by atoms with E-state index < -0.39 is 19.3 Å². The Balaban J connectivity index is 3.14. The lowest BCUT2D eigenvalue weighted by molar-refractivity contribution is 0.0996. The lowest BCUT2D eigenvalue weighted by atomic mass is 10.1. The highest BCUT2D eigenvalue weighted by Gasteiger charge is 2.46. The maximum absolute atomic E-state index is 12.0. The van der Waals surface area contributed by atoms with Crippen LogP contribution in [-0.4, -0.2) is 30.7 Å². The summed E-state index contributed by atoms with van der Waals surface area (Å²) in [5.74, 6) is -0.642. The van der Waals surface area contributed by atoms with Crippen molar-refractivity contribution in [2.75, 3.05) is 12.9 Å². The van der Waals surface area contributed by atoms with Crippen molar-refractivity contribution in [3.8, 4) is 5.75 Å². The molecular weight excluding hydrogens is 299 g/mol. The summed E-state index contributed by atoms with van der Waals surface area (Å²) in [6.07, 6.45) is 0. The van der Waals surface area contributed by atoms with Crippen LogP contribution in [0.3, 0.4) is 0 Å². The van der Waals surface area contributed by atoms with E-state index in [4.69, 9.17) is 27.9 Å². The molecule has 1 aromatic rings. The van der Waals surface area contributed by atoms with Crippen LogP contribution >= 0.6 is 23.2 Å². The number of rotatable bonds is 5. The highest BCUT2D eigenvalue weighted by atomic mass is 35.5. The van der Waals surface area contributed by atoms with Crippen LogP contribution in [-0.2, 0) is 9.84 Å². The topological polar surface area (TPSA) is 60.4 Å². The molecule has 0 heterocycles. The smallest absolute Gasteiger partial charge is 0.280 e. The van der Waals surface area contributed by atoms with Gasteiger partial charge in [-0.2, -0.15) is 0 Å². The zero-order valence-electron chi connectivity index (χ0n) is 9.81. The fraction of sp³-hybridized carbons (Fsp3) is 0.364. The minimum atomic E-state index is -3.91. The number of hydrogen-bond donors (Lipinski definition) is 0. The summed E-state index contributed by atoms with van der Waals surface area (Å²) in [7, 11) is -2.43. The van der Waals surface area contributed by atoms with E-state index in [1.54, 1.807) is 0 Å². The highest BCUT2D eigenvalue weighted by molar-refractivity contribution is 7.96. The van der Waals surface area contributed by atoms with Gasteiger partial charge in [0.15, 0.2) is 9.84 Å².